The molecule has 0 N–H and O–H groups in total. The van der Waals surface area contributed by atoms with Gasteiger partial charge >= 0.3 is 23.9 Å². The molecule has 0 bridgehead atoms. The van der Waals surface area contributed by atoms with Crippen LogP contribution in [-0.4, -0.2) is 55.1 Å². The van der Waals surface area contributed by atoms with Crippen molar-refractivity contribution in [1.82, 2.24) is 0 Å². The van der Waals surface area contributed by atoms with Crippen LogP contribution < -0.4 is 0 Å². The lowest BCUT2D eigenvalue weighted by atomic mass is 10.0. The molecular formula is C39H34O9. The summed E-state index contributed by atoms with van der Waals surface area (Å²) in [5.41, 5.74) is 1.26. The molecule has 0 aliphatic carbocycles. The smallest absolute Gasteiger partial charge is 0.341 e. The highest BCUT2D eigenvalue weighted by Gasteiger charge is 2.50. The zero-order valence-corrected chi connectivity index (χ0v) is 26.3. The fraction of sp³-hybridized carbons (Fsp3) is 0.231. The van der Waals surface area contributed by atoms with Gasteiger partial charge < -0.3 is 23.7 Å². The van der Waals surface area contributed by atoms with Crippen LogP contribution in [0.4, 0.5) is 0 Å². The lowest BCUT2D eigenvalue weighted by Gasteiger charge is -2.40. The van der Waals surface area contributed by atoms with Crippen molar-refractivity contribution in [1.29, 1.82) is 0 Å². The average Bonchev–Trinajstić information content (AvgIpc) is 3.13. The molecule has 1 fully saturated rings. The Hall–Kier alpha value is -5.72. The quantitative estimate of drug-likeness (QED) is 0.0834. The fourth-order valence-corrected chi connectivity index (χ4v) is 4.89. The van der Waals surface area contributed by atoms with Crippen molar-refractivity contribution in [2.75, 3.05) is 6.61 Å². The second-order valence-corrected chi connectivity index (χ2v) is 10.8. The third-order valence-corrected chi connectivity index (χ3v) is 7.40. The van der Waals surface area contributed by atoms with Gasteiger partial charge in [-0.2, -0.15) is 0 Å². The van der Waals surface area contributed by atoms with Crippen LogP contribution in [0.1, 0.15) is 73.2 Å². The van der Waals surface area contributed by atoms with Crippen LogP contribution in [0.15, 0.2) is 115 Å². The molecule has 0 aromatic heterocycles. The number of esters is 4. The molecule has 4 aromatic carbocycles. The fourth-order valence-electron chi connectivity index (χ4n) is 4.89. The summed E-state index contributed by atoms with van der Waals surface area (Å²) < 4.78 is 29.3. The van der Waals surface area contributed by atoms with Crippen LogP contribution >= 0.6 is 0 Å². The SMILES string of the molecule is CCCCC#Cc1ccccc1C(=O)OC1OC[C@H](OC(=O)c2ccccc2)[C@H](OC(=O)c2ccccc2)[C@H]1OC(=O)c1ccccc1. The zero-order chi connectivity index (χ0) is 33.7. The summed E-state index contributed by atoms with van der Waals surface area (Å²) in [6, 6.07) is 31.2. The van der Waals surface area contributed by atoms with E-state index in [9.17, 15) is 19.2 Å². The molecule has 48 heavy (non-hydrogen) atoms. The highest BCUT2D eigenvalue weighted by Crippen LogP contribution is 2.28. The molecule has 5 rings (SSSR count). The van der Waals surface area contributed by atoms with E-state index in [0.29, 0.717) is 12.0 Å². The van der Waals surface area contributed by atoms with E-state index in [1.807, 2.05) is 0 Å². The molecule has 1 heterocycles. The van der Waals surface area contributed by atoms with Gasteiger partial charge in [-0.1, -0.05) is 91.9 Å². The van der Waals surface area contributed by atoms with E-state index in [1.165, 1.54) is 0 Å². The van der Waals surface area contributed by atoms with E-state index in [1.54, 1.807) is 115 Å². The molecule has 0 amide bonds. The van der Waals surface area contributed by atoms with E-state index in [0.717, 1.165) is 12.8 Å². The minimum absolute atomic E-state index is 0.175. The van der Waals surface area contributed by atoms with Gasteiger partial charge in [-0.15, -0.1) is 0 Å². The first-order valence-electron chi connectivity index (χ1n) is 15.6. The zero-order valence-electron chi connectivity index (χ0n) is 26.3. The maximum atomic E-state index is 13.6. The molecule has 0 radical (unpaired) electrons. The van der Waals surface area contributed by atoms with Gasteiger partial charge in [0.1, 0.15) is 0 Å². The molecular weight excluding hydrogens is 612 g/mol. The third kappa shape index (κ3) is 8.75. The summed E-state index contributed by atoms with van der Waals surface area (Å²) in [6.07, 6.45) is -3.20. The summed E-state index contributed by atoms with van der Waals surface area (Å²) >= 11 is 0. The minimum Gasteiger partial charge on any atom is -0.452 e. The Bertz CT molecular complexity index is 1760. The van der Waals surface area contributed by atoms with Crippen molar-refractivity contribution < 1.29 is 42.9 Å². The van der Waals surface area contributed by atoms with E-state index < -0.39 is 48.5 Å². The minimum atomic E-state index is -1.55. The van der Waals surface area contributed by atoms with Gasteiger partial charge in [0.15, 0.2) is 12.2 Å². The van der Waals surface area contributed by atoms with E-state index in [-0.39, 0.29) is 28.9 Å². The summed E-state index contributed by atoms with van der Waals surface area (Å²) in [5, 5.41) is 0. The first-order valence-corrected chi connectivity index (χ1v) is 15.6. The normalized spacial score (nSPS) is 18.4. The number of hydrogen-bond donors (Lipinski definition) is 0. The van der Waals surface area contributed by atoms with Crippen LogP contribution in [0.25, 0.3) is 0 Å². The number of benzene rings is 4. The van der Waals surface area contributed by atoms with Crippen molar-refractivity contribution in [3.8, 4) is 11.8 Å². The number of carbonyl (C=O) groups is 4. The molecule has 0 spiro atoms. The monoisotopic (exact) mass is 646 g/mol. The van der Waals surface area contributed by atoms with Gasteiger partial charge in [0, 0.05) is 12.0 Å². The van der Waals surface area contributed by atoms with E-state index in [4.69, 9.17) is 23.7 Å². The number of hydrogen-bond acceptors (Lipinski definition) is 9. The molecule has 9 heteroatoms. The molecule has 9 nitrogen and oxygen atoms in total. The van der Waals surface area contributed by atoms with Crippen molar-refractivity contribution in [3.63, 3.8) is 0 Å². The first-order chi connectivity index (χ1) is 23.4. The average molecular weight is 647 g/mol. The maximum absolute atomic E-state index is 13.6. The van der Waals surface area contributed by atoms with Crippen LogP contribution in [-0.2, 0) is 23.7 Å². The van der Waals surface area contributed by atoms with E-state index >= 15 is 0 Å². The molecule has 4 aromatic rings. The molecule has 1 saturated heterocycles. The Labute approximate surface area is 278 Å². The third-order valence-electron chi connectivity index (χ3n) is 7.40. The summed E-state index contributed by atoms with van der Waals surface area (Å²) in [5.74, 6) is 3.00. The molecule has 1 aliphatic heterocycles. The van der Waals surface area contributed by atoms with Gasteiger partial charge in [0.25, 0.3) is 0 Å². The van der Waals surface area contributed by atoms with E-state index in [2.05, 4.69) is 18.8 Å². The summed E-state index contributed by atoms with van der Waals surface area (Å²) in [4.78, 5) is 53.6. The molecule has 0 saturated carbocycles. The number of carbonyl (C=O) groups excluding carboxylic acids is 4. The topological polar surface area (TPSA) is 114 Å². The van der Waals surface area contributed by atoms with Crippen LogP contribution in [0.3, 0.4) is 0 Å². The number of ether oxygens (including phenoxy) is 5. The lowest BCUT2D eigenvalue weighted by molar-refractivity contribution is -0.250. The highest BCUT2D eigenvalue weighted by atomic mass is 16.7. The molecule has 244 valence electrons. The maximum Gasteiger partial charge on any atom is 0.341 e. The van der Waals surface area contributed by atoms with Crippen LogP contribution in [0.5, 0.6) is 0 Å². The van der Waals surface area contributed by atoms with Gasteiger partial charge in [-0.25, -0.2) is 19.2 Å². The van der Waals surface area contributed by atoms with Gasteiger partial charge in [0.2, 0.25) is 12.4 Å². The largest absolute Gasteiger partial charge is 0.452 e. The van der Waals surface area contributed by atoms with Crippen molar-refractivity contribution in [2.24, 2.45) is 0 Å². The van der Waals surface area contributed by atoms with Crippen molar-refractivity contribution in [3.05, 3.63) is 143 Å². The summed E-state index contributed by atoms with van der Waals surface area (Å²) in [7, 11) is 0. The lowest BCUT2D eigenvalue weighted by Crippen LogP contribution is -2.58. The molecule has 4 atom stereocenters. The number of unbranched alkanes of at least 4 members (excludes halogenated alkanes) is 2. The highest BCUT2D eigenvalue weighted by molar-refractivity contribution is 5.93. The Kier molecular flexibility index (Phi) is 11.7. The Balaban J connectivity index is 1.48. The first kappa shape index (κ1) is 33.6. The Morgan fingerprint density at radius 1 is 0.625 bits per heavy atom. The Morgan fingerprint density at radius 3 is 1.69 bits per heavy atom. The van der Waals surface area contributed by atoms with Gasteiger partial charge in [0.05, 0.1) is 28.9 Å². The molecule has 1 aliphatic rings. The number of rotatable bonds is 10. The van der Waals surface area contributed by atoms with Crippen LogP contribution in [0.2, 0.25) is 0 Å². The standard InChI is InChI=1S/C39H34O9/c1-2-3-4-8-17-27-18-15-16-25-31(27)38(43)48-39-34(47-37(42)30-23-13-7-14-24-30)33(46-36(41)29-21-11-6-12-22-29)32(26-44-39)45-35(40)28-19-9-5-10-20-28/h5-7,9-16,18-25,32-34,39H,2-4,26H2,1H3/t32-,33-,34+,39?/m0/s1. The van der Waals surface area contributed by atoms with Gasteiger partial charge in [-0.3, -0.25) is 0 Å². The van der Waals surface area contributed by atoms with Gasteiger partial charge in [-0.05, 0) is 55.0 Å². The van der Waals surface area contributed by atoms with Crippen molar-refractivity contribution in [2.45, 2.75) is 50.8 Å². The predicted octanol–water partition coefficient (Wildman–Crippen LogP) is 6.42. The predicted molar refractivity (Wildman–Crippen MR) is 175 cm³/mol. The molecule has 1 unspecified atom stereocenters. The second-order valence-electron chi connectivity index (χ2n) is 10.8. The Morgan fingerprint density at radius 2 is 1.12 bits per heavy atom. The van der Waals surface area contributed by atoms with Crippen molar-refractivity contribution >= 4 is 23.9 Å². The second kappa shape index (κ2) is 16.7. The van der Waals surface area contributed by atoms with Crippen LogP contribution in [0, 0.1) is 11.8 Å². The summed E-state index contributed by atoms with van der Waals surface area (Å²) in [6.45, 7) is 1.72.